The van der Waals surface area contributed by atoms with Crippen LogP contribution in [0.4, 0.5) is 4.39 Å². The Morgan fingerprint density at radius 3 is 2.71 bits per heavy atom. The Morgan fingerprint density at radius 2 is 2.14 bits per heavy atom. The zero-order valence-electron chi connectivity index (χ0n) is 8.69. The minimum atomic E-state index is -0.163. The van der Waals surface area contributed by atoms with Crippen LogP contribution in [0.1, 0.15) is 30.9 Å². The quantitative estimate of drug-likeness (QED) is 0.663. The molecule has 0 aliphatic heterocycles. The largest absolute Gasteiger partial charge is 0.207 e. The van der Waals surface area contributed by atoms with Gasteiger partial charge in [0.15, 0.2) is 0 Å². The highest BCUT2D eigenvalue weighted by Crippen LogP contribution is 2.16. The SMILES string of the molecule is CCC(Cl)CCc1ccc(F)cc1C. The molecule has 0 fully saturated rings. The Hall–Kier alpha value is -0.560. The van der Waals surface area contributed by atoms with Crippen molar-refractivity contribution in [2.45, 2.75) is 38.5 Å². The molecular weight excluding hydrogens is 199 g/mol. The fraction of sp³-hybridized carbons (Fsp3) is 0.500. The molecule has 0 radical (unpaired) electrons. The van der Waals surface area contributed by atoms with Crippen molar-refractivity contribution in [3.05, 3.63) is 35.1 Å². The van der Waals surface area contributed by atoms with E-state index in [9.17, 15) is 4.39 Å². The van der Waals surface area contributed by atoms with Gasteiger partial charge in [-0.25, -0.2) is 4.39 Å². The van der Waals surface area contributed by atoms with Crippen molar-refractivity contribution in [1.29, 1.82) is 0 Å². The Balaban J connectivity index is 2.59. The monoisotopic (exact) mass is 214 g/mol. The number of benzene rings is 1. The molecule has 0 aromatic heterocycles. The number of halogens is 2. The third kappa shape index (κ3) is 3.30. The van der Waals surface area contributed by atoms with Crippen LogP contribution in [-0.2, 0) is 6.42 Å². The predicted molar refractivity (Wildman–Crippen MR) is 59.4 cm³/mol. The van der Waals surface area contributed by atoms with Crippen molar-refractivity contribution in [2.75, 3.05) is 0 Å². The minimum absolute atomic E-state index is 0.163. The molecule has 0 heterocycles. The molecule has 0 aliphatic carbocycles. The molecule has 0 bridgehead atoms. The highest BCUT2D eigenvalue weighted by Gasteiger charge is 2.04. The zero-order valence-corrected chi connectivity index (χ0v) is 9.44. The van der Waals surface area contributed by atoms with Crippen molar-refractivity contribution < 1.29 is 4.39 Å². The summed E-state index contributed by atoms with van der Waals surface area (Å²) in [6, 6.07) is 4.94. The fourth-order valence-corrected chi connectivity index (χ4v) is 1.57. The maximum Gasteiger partial charge on any atom is 0.123 e. The second-order valence-corrected chi connectivity index (χ2v) is 4.23. The van der Waals surface area contributed by atoms with Crippen LogP contribution in [0, 0.1) is 12.7 Å². The van der Waals surface area contributed by atoms with Gasteiger partial charge in [0.2, 0.25) is 0 Å². The molecule has 1 unspecified atom stereocenters. The van der Waals surface area contributed by atoms with E-state index in [0.717, 1.165) is 24.8 Å². The molecule has 14 heavy (non-hydrogen) atoms. The van der Waals surface area contributed by atoms with Crippen LogP contribution in [0.3, 0.4) is 0 Å². The van der Waals surface area contributed by atoms with Gasteiger partial charge in [0.25, 0.3) is 0 Å². The summed E-state index contributed by atoms with van der Waals surface area (Å²) in [4.78, 5) is 0. The summed E-state index contributed by atoms with van der Waals surface area (Å²) in [6.07, 6.45) is 2.89. The summed E-state index contributed by atoms with van der Waals surface area (Å²) in [5, 5.41) is 0.236. The summed E-state index contributed by atoms with van der Waals surface area (Å²) in [7, 11) is 0. The fourth-order valence-electron chi connectivity index (χ4n) is 1.46. The molecule has 0 aliphatic rings. The topological polar surface area (TPSA) is 0 Å². The zero-order chi connectivity index (χ0) is 10.6. The highest BCUT2D eigenvalue weighted by molar-refractivity contribution is 6.20. The van der Waals surface area contributed by atoms with E-state index in [2.05, 4.69) is 6.92 Å². The van der Waals surface area contributed by atoms with Crippen LogP contribution in [0.25, 0.3) is 0 Å². The molecule has 1 atom stereocenters. The van der Waals surface area contributed by atoms with Crippen LogP contribution < -0.4 is 0 Å². The molecule has 0 saturated heterocycles. The Morgan fingerprint density at radius 1 is 1.43 bits per heavy atom. The van der Waals surface area contributed by atoms with Gasteiger partial charge >= 0.3 is 0 Å². The lowest BCUT2D eigenvalue weighted by Crippen LogP contribution is -2.00. The molecule has 1 rings (SSSR count). The molecule has 0 nitrogen and oxygen atoms in total. The molecule has 0 saturated carbocycles. The summed E-state index contributed by atoms with van der Waals surface area (Å²) in [5.74, 6) is -0.163. The van der Waals surface area contributed by atoms with Gasteiger partial charge in [0.05, 0.1) is 0 Å². The molecule has 1 aromatic carbocycles. The molecule has 0 N–H and O–H groups in total. The summed E-state index contributed by atoms with van der Waals surface area (Å²) < 4.78 is 12.8. The first-order valence-corrected chi connectivity index (χ1v) is 5.46. The summed E-state index contributed by atoms with van der Waals surface area (Å²) in [6.45, 7) is 4.02. The van der Waals surface area contributed by atoms with E-state index in [-0.39, 0.29) is 11.2 Å². The van der Waals surface area contributed by atoms with E-state index in [1.54, 1.807) is 6.07 Å². The smallest absolute Gasteiger partial charge is 0.123 e. The minimum Gasteiger partial charge on any atom is -0.207 e. The van der Waals surface area contributed by atoms with Crippen molar-refractivity contribution >= 4 is 11.6 Å². The average Bonchev–Trinajstić information content (AvgIpc) is 2.16. The Labute approximate surface area is 90.1 Å². The van der Waals surface area contributed by atoms with Crippen molar-refractivity contribution in [3.8, 4) is 0 Å². The van der Waals surface area contributed by atoms with Crippen molar-refractivity contribution in [2.24, 2.45) is 0 Å². The third-order valence-electron chi connectivity index (χ3n) is 2.47. The van der Waals surface area contributed by atoms with E-state index in [4.69, 9.17) is 11.6 Å². The van der Waals surface area contributed by atoms with E-state index in [1.807, 2.05) is 13.0 Å². The second kappa shape index (κ2) is 5.35. The number of hydrogen-bond donors (Lipinski definition) is 0. The molecule has 1 aromatic rings. The van der Waals surface area contributed by atoms with Gasteiger partial charge in [-0.1, -0.05) is 13.0 Å². The molecule has 0 amide bonds. The molecule has 2 heteroatoms. The maximum absolute atomic E-state index is 12.8. The molecule has 78 valence electrons. The van der Waals surface area contributed by atoms with E-state index in [1.165, 1.54) is 11.6 Å². The number of alkyl halides is 1. The van der Waals surface area contributed by atoms with Gasteiger partial charge in [-0.15, -0.1) is 11.6 Å². The lowest BCUT2D eigenvalue weighted by molar-refractivity contribution is 0.624. The Bertz CT molecular complexity index is 296. The van der Waals surface area contributed by atoms with Crippen molar-refractivity contribution in [1.82, 2.24) is 0 Å². The van der Waals surface area contributed by atoms with Gasteiger partial charge in [0.1, 0.15) is 5.82 Å². The van der Waals surface area contributed by atoms with Crippen LogP contribution in [-0.4, -0.2) is 5.38 Å². The highest BCUT2D eigenvalue weighted by atomic mass is 35.5. The second-order valence-electron chi connectivity index (χ2n) is 3.62. The molecular formula is C12H16ClF. The third-order valence-corrected chi connectivity index (χ3v) is 3.00. The average molecular weight is 215 g/mol. The lowest BCUT2D eigenvalue weighted by atomic mass is 10.0. The van der Waals surface area contributed by atoms with Crippen LogP contribution in [0.2, 0.25) is 0 Å². The molecule has 0 spiro atoms. The number of aryl methyl sites for hydroxylation is 2. The summed E-state index contributed by atoms with van der Waals surface area (Å²) in [5.41, 5.74) is 2.22. The van der Waals surface area contributed by atoms with Gasteiger partial charge < -0.3 is 0 Å². The van der Waals surface area contributed by atoms with Gasteiger partial charge in [-0.05, 0) is 49.4 Å². The van der Waals surface area contributed by atoms with Gasteiger partial charge in [0, 0.05) is 5.38 Å². The van der Waals surface area contributed by atoms with Gasteiger partial charge in [-0.2, -0.15) is 0 Å². The number of rotatable bonds is 4. The first kappa shape index (κ1) is 11.5. The first-order valence-electron chi connectivity index (χ1n) is 5.02. The normalized spacial score (nSPS) is 12.9. The van der Waals surface area contributed by atoms with Crippen LogP contribution >= 0.6 is 11.6 Å². The van der Waals surface area contributed by atoms with Crippen molar-refractivity contribution in [3.63, 3.8) is 0 Å². The van der Waals surface area contributed by atoms with E-state index >= 15 is 0 Å². The van der Waals surface area contributed by atoms with E-state index < -0.39 is 0 Å². The van der Waals surface area contributed by atoms with E-state index in [0.29, 0.717) is 0 Å². The van der Waals surface area contributed by atoms with Gasteiger partial charge in [-0.3, -0.25) is 0 Å². The summed E-state index contributed by atoms with van der Waals surface area (Å²) >= 11 is 6.02. The predicted octanol–water partition coefficient (Wildman–Crippen LogP) is 4.08. The van der Waals surface area contributed by atoms with Crippen LogP contribution in [0.5, 0.6) is 0 Å². The Kier molecular flexibility index (Phi) is 4.40. The van der Waals surface area contributed by atoms with Crippen LogP contribution in [0.15, 0.2) is 18.2 Å². The lowest BCUT2D eigenvalue weighted by Gasteiger charge is -2.08. The maximum atomic E-state index is 12.8. The standard InChI is InChI=1S/C12H16ClF/c1-3-11(13)6-4-10-5-7-12(14)8-9(10)2/h5,7-8,11H,3-4,6H2,1-2H3. The first-order chi connectivity index (χ1) is 6.63. The number of hydrogen-bond acceptors (Lipinski definition) is 0.